The first-order valence-corrected chi connectivity index (χ1v) is 7.72. The van der Waals surface area contributed by atoms with Gasteiger partial charge in [0.05, 0.1) is 12.2 Å². The molecule has 0 aliphatic rings. The Morgan fingerprint density at radius 2 is 2.19 bits per heavy atom. The van der Waals surface area contributed by atoms with Crippen molar-refractivity contribution < 1.29 is 12.9 Å². The molecule has 0 saturated carbocycles. The van der Waals surface area contributed by atoms with Crippen molar-refractivity contribution in [3.05, 3.63) is 41.9 Å². The zero-order valence-electron chi connectivity index (χ0n) is 11.3. The average Bonchev–Trinajstić information content (AvgIpc) is 3.02. The molecule has 0 unspecified atom stereocenters. The quantitative estimate of drug-likeness (QED) is 0.632. The fraction of sp³-hybridized carbons (Fsp3) is 0.154. The molecule has 3 rings (SSSR count). The minimum absolute atomic E-state index is 0.0641. The van der Waals surface area contributed by atoms with Gasteiger partial charge in [0.15, 0.2) is 0 Å². The Morgan fingerprint density at radius 1 is 1.38 bits per heavy atom. The summed E-state index contributed by atoms with van der Waals surface area (Å²) in [5.74, 6) is 0.629. The molecular weight excluding hydrogens is 292 g/mol. The standard InChI is InChI=1S/C13H14N4O3S/c1-8-4-10(17-20-8)6-16-21(18,19)13-7-15-12-3-2-9(14)5-11(12)13/h2-5,7,15-16H,6,14H2,1H3. The maximum atomic E-state index is 12.4. The van der Waals surface area contributed by atoms with Crippen LogP contribution in [-0.2, 0) is 16.6 Å². The van der Waals surface area contributed by atoms with Crippen LogP contribution in [-0.4, -0.2) is 18.6 Å². The largest absolute Gasteiger partial charge is 0.399 e. The van der Waals surface area contributed by atoms with Crippen LogP contribution < -0.4 is 10.5 Å². The van der Waals surface area contributed by atoms with Crippen molar-refractivity contribution in [3.8, 4) is 0 Å². The van der Waals surface area contributed by atoms with E-state index in [0.717, 1.165) is 0 Å². The number of aromatic amines is 1. The minimum Gasteiger partial charge on any atom is -0.399 e. The normalized spacial score (nSPS) is 12.0. The van der Waals surface area contributed by atoms with Crippen LogP contribution in [0.15, 0.2) is 39.9 Å². The third-order valence-corrected chi connectivity index (χ3v) is 4.52. The van der Waals surface area contributed by atoms with E-state index in [1.165, 1.54) is 6.20 Å². The number of hydrogen-bond donors (Lipinski definition) is 3. The number of hydrogen-bond acceptors (Lipinski definition) is 5. The summed E-state index contributed by atoms with van der Waals surface area (Å²) < 4.78 is 32.1. The van der Waals surface area contributed by atoms with Crippen molar-refractivity contribution in [1.82, 2.24) is 14.9 Å². The molecule has 0 atom stereocenters. The molecule has 0 radical (unpaired) electrons. The summed E-state index contributed by atoms with van der Waals surface area (Å²) in [5, 5.41) is 4.30. The molecule has 3 aromatic rings. The fourth-order valence-electron chi connectivity index (χ4n) is 2.08. The first-order valence-electron chi connectivity index (χ1n) is 6.24. The first-order chi connectivity index (χ1) is 9.95. The van der Waals surface area contributed by atoms with Gasteiger partial charge in [-0.3, -0.25) is 0 Å². The second-order valence-electron chi connectivity index (χ2n) is 4.71. The Balaban J connectivity index is 1.91. The number of rotatable bonds is 4. The van der Waals surface area contributed by atoms with Crippen LogP contribution in [0.2, 0.25) is 0 Å². The molecule has 0 fully saturated rings. The van der Waals surface area contributed by atoms with E-state index in [0.29, 0.717) is 28.0 Å². The van der Waals surface area contributed by atoms with E-state index < -0.39 is 10.0 Å². The number of sulfonamides is 1. The van der Waals surface area contributed by atoms with Crippen molar-refractivity contribution in [2.45, 2.75) is 18.4 Å². The Bertz CT molecular complexity index is 895. The molecule has 0 amide bonds. The molecule has 2 heterocycles. The predicted molar refractivity (Wildman–Crippen MR) is 78.0 cm³/mol. The Kier molecular flexibility index (Phi) is 3.19. The van der Waals surface area contributed by atoms with Gasteiger partial charge < -0.3 is 15.2 Å². The number of aryl methyl sites for hydroxylation is 1. The molecule has 4 N–H and O–H groups in total. The summed E-state index contributed by atoms with van der Waals surface area (Å²) >= 11 is 0. The molecular formula is C13H14N4O3S. The van der Waals surface area contributed by atoms with Crippen molar-refractivity contribution in [3.63, 3.8) is 0 Å². The summed E-state index contributed by atoms with van der Waals surface area (Å²) in [6.45, 7) is 1.81. The van der Waals surface area contributed by atoms with Gasteiger partial charge in [-0.1, -0.05) is 5.16 Å². The molecule has 7 nitrogen and oxygen atoms in total. The minimum atomic E-state index is -3.67. The maximum absolute atomic E-state index is 12.4. The average molecular weight is 306 g/mol. The Labute approximate surface area is 121 Å². The van der Waals surface area contributed by atoms with Crippen molar-refractivity contribution in [2.75, 3.05) is 5.73 Å². The summed E-state index contributed by atoms with van der Waals surface area (Å²) in [6, 6.07) is 6.75. The van der Waals surface area contributed by atoms with E-state index in [9.17, 15) is 8.42 Å². The van der Waals surface area contributed by atoms with E-state index >= 15 is 0 Å². The number of aromatic nitrogens is 2. The van der Waals surface area contributed by atoms with E-state index in [4.69, 9.17) is 10.3 Å². The molecule has 0 spiro atoms. The molecule has 2 aromatic heterocycles. The van der Waals surface area contributed by atoms with E-state index in [1.807, 2.05) is 0 Å². The monoisotopic (exact) mass is 306 g/mol. The van der Waals surface area contributed by atoms with Gasteiger partial charge in [-0.2, -0.15) is 0 Å². The van der Waals surface area contributed by atoms with Gasteiger partial charge in [0.2, 0.25) is 10.0 Å². The third-order valence-electron chi connectivity index (χ3n) is 3.08. The van der Waals surface area contributed by atoms with Crippen LogP contribution >= 0.6 is 0 Å². The highest BCUT2D eigenvalue weighted by Crippen LogP contribution is 2.24. The smallest absolute Gasteiger partial charge is 0.243 e. The summed E-state index contributed by atoms with van der Waals surface area (Å²) in [4.78, 5) is 3.07. The number of nitrogens with zero attached hydrogens (tertiary/aromatic N) is 1. The second-order valence-corrected chi connectivity index (χ2v) is 6.45. The lowest BCUT2D eigenvalue weighted by Crippen LogP contribution is -2.23. The van der Waals surface area contributed by atoms with Crippen LogP contribution in [0, 0.1) is 6.92 Å². The summed E-state index contributed by atoms with van der Waals surface area (Å²) in [7, 11) is -3.67. The summed E-state index contributed by atoms with van der Waals surface area (Å²) in [5.41, 5.74) is 7.45. The molecule has 8 heteroatoms. The molecule has 0 bridgehead atoms. The molecule has 0 aliphatic heterocycles. The number of H-pyrrole nitrogens is 1. The fourth-order valence-corrected chi connectivity index (χ4v) is 3.25. The zero-order valence-corrected chi connectivity index (χ0v) is 12.1. The summed E-state index contributed by atoms with van der Waals surface area (Å²) in [6.07, 6.45) is 1.44. The SMILES string of the molecule is Cc1cc(CNS(=O)(=O)c2c[nH]c3ccc(N)cc23)no1. The molecule has 0 aliphatic carbocycles. The molecule has 0 saturated heterocycles. The molecule has 110 valence electrons. The number of benzene rings is 1. The lowest BCUT2D eigenvalue weighted by Gasteiger charge is -2.04. The van der Waals surface area contributed by atoms with Gasteiger partial charge in [-0.05, 0) is 25.1 Å². The van der Waals surface area contributed by atoms with Gasteiger partial charge in [0.1, 0.15) is 10.7 Å². The van der Waals surface area contributed by atoms with E-state index in [2.05, 4.69) is 14.9 Å². The van der Waals surface area contributed by atoms with Crippen LogP contribution in [0.1, 0.15) is 11.5 Å². The molecule has 21 heavy (non-hydrogen) atoms. The van der Waals surface area contributed by atoms with Crippen LogP contribution in [0.5, 0.6) is 0 Å². The Hall–Kier alpha value is -2.32. The lowest BCUT2D eigenvalue weighted by atomic mass is 10.2. The highest BCUT2D eigenvalue weighted by Gasteiger charge is 2.19. The van der Waals surface area contributed by atoms with Crippen molar-refractivity contribution >= 4 is 26.6 Å². The van der Waals surface area contributed by atoms with Crippen LogP contribution in [0.3, 0.4) is 0 Å². The number of nitrogens with one attached hydrogen (secondary N) is 2. The van der Waals surface area contributed by atoms with Crippen LogP contribution in [0.25, 0.3) is 10.9 Å². The second kappa shape index (κ2) is 4.90. The van der Waals surface area contributed by atoms with Crippen molar-refractivity contribution in [1.29, 1.82) is 0 Å². The number of nitrogens with two attached hydrogens (primary N) is 1. The first kappa shape index (κ1) is 13.7. The van der Waals surface area contributed by atoms with Gasteiger partial charge in [0.25, 0.3) is 0 Å². The topological polar surface area (TPSA) is 114 Å². The van der Waals surface area contributed by atoms with E-state index in [1.54, 1.807) is 31.2 Å². The highest BCUT2D eigenvalue weighted by atomic mass is 32.2. The number of fused-ring (bicyclic) bond motifs is 1. The maximum Gasteiger partial charge on any atom is 0.243 e. The number of nitrogen functional groups attached to an aromatic ring is 1. The van der Waals surface area contributed by atoms with Gasteiger partial charge in [-0.25, -0.2) is 13.1 Å². The van der Waals surface area contributed by atoms with E-state index in [-0.39, 0.29) is 11.4 Å². The van der Waals surface area contributed by atoms with Crippen molar-refractivity contribution in [2.24, 2.45) is 0 Å². The lowest BCUT2D eigenvalue weighted by molar-refractivity contribution is 0.390. The van der Waals surface area contributed by atoms with Gasteiger partial charge >= 0.3 is 0 Å². The zero-order chi connectivity index (χ0) is 15.0. The van der Waals surface area contributed by atoms with Crippen LogP contribution in [0.4, 0.5) is 5.69 Å². The molecule has 1 aromatic carbocycles. The predicted octanol–water partition coefficient (Wildman–Crippen LogP) is 1.53. The number of anilines is 1. The third kappa shape index (κ3) is 2.63. The van der Waals surface area contributed by atoms with Gasteiger partial charge in [0, 0.05) is 28.9 Å². The Morgan fingerprint density at radius 3 is 2.90 bits per heavy atom. The highest BCUT2D eigenvalue weighted by molar-refractivity contribution is 7.89. The van der Waals surface area contributed by atoms with Gasteiger partial charge in [-0.15, -0.1) is 0 Å².